The molecule has 0 bridgehead atoms. The average Bonchev–Trinajstić information content (AvgIpc) is 2.63. The first kappa shape index (κ1) is 17.9. The molecule has 1 amide bonds. The van der Waals surface area contributed by atoms with E-state index < -0.39 is 11.6 Å². The first-order valence-electron chi connectivity index (χ1n) is 8.26. The van der Waals surface area contributed by atoms with Crippen molar-refractivity contribution in [3.63, 3.8) is 0 Å². The van der Waals surface area contributed by atoms with Gasteiger partial charge in [-0.15, -0.1) is 0 Å². The lowest BCUT2D eigenvalue weighted by Gasteiger charge is -2.14. The second-order valence-corrected chi connectivity index (χ2v) is 6.19. The highest BCUT2D eigenvalue weighted by Crippen LogP contribution is 2.25. The quantitative estimate of drug-likeness (QED) is 0.729. The standard InChI is InChI=1S/C21H19F2NO2/c1-13(21(25)24-12-14-7-18(22)11-19(23)8-14)15-3-4-17-10-20(26-2)6-5-16(17)9-15/h3-11,13H,12H2,1-2H3,(H,24,25)/t13-/m0/s1. The minimum atomic E-state index is -0.660. The van der Waals surface area contributed by atoms with Crippen molar-refractivity contribution in [2.75, 3.05) is 7.11 Å². The van der Waals surface area contributed by atoms with Crippen molar-refractivity contribution in [3.8, 4) is 5.75 Å². The number of ether oxygens (including phenoxy) is 1. The normalized spacial score (nSPS) is 12.0. The van der Waals surface area contributed by atoms with Gasteiger partial charge >= 0.3 is 0 Å². The van der Waals surface area contributed by atoms with Crippen LogP contribution in [0.4, 0.5) is 8.78 Å². The predicted octanol–water partition coefficient (Wildman–Crippen LogP) is 4.55. The number of hydrogen-bond acceptors (Lipinski definition) is 2. The zero-order valence-corrected chi connectivity index (χ0v) is 14.6. The maximum atomic E-state index is 13.2. The van der Waals surface area contributed by atoms with Gasteiger partial charge in [0.2, 0.25) is 5.91 Å². The number of nitrogens with one attached hydrogen (secondary N) is 1. The fourth-order valence-corrected chi connectivity index (χ4v) is 2.85. The molecule has 5 heteroatoms. The van der Waals surface area contributed by atoms with Crippen molar-refractivity contribution >= 4 is 16.7 Å². The summed E-state index contributed by atoms with van der Waals surface area (Å²) in [5.74, 6) is -1.14. The number of rotatable bonds is 5. The molecule has 1 atom stereocenters. The highest BCUT2D eigenvalue weighted by Gasteiger charge is 2.15. The number of amides is 1. The van der Waals surface area contributed by atoms with Crippen LogP contribution < -0.4 is 10.1 Å². The molecule has 3 aromatic rings. The Morgan fingerprint density at radius 2 is 1.65 bits per heavy atom. The summed E-state index contributed by atoms with van der Waals surface area (Å²) in [6.45, 7) is 1.87. The van der Waals surface area contributed by atoms with Crippen LogP contribution in [0.5, 0.6) is 5.75 Å². The zero-order chi connectivity index (χ0) is 18.7. The zero-order valence-electron chi connectivity index (χ0n) is 14.6. The summed E-state index contributed by atoms with van der Waals surface area (Å²) in [5.41, 5.74) is 1.25. The Morgan fingerprint density at radius 3 is 2.35 bits per heavy atom. The highest BCUT2D eigenvalue weighted by molar-refractivity contribution is 5.88. The number of methoxy groups -OCH3 is 1. The van der Waals surface area contributed by atoms with Crippen LogP contribution in [0.25, 0.3) is 10.8 Å². The molecule has 0 fully saturated rings. The van der Waals surface area contributed by atoms with E-state index in [9.17, 15) is 13.6 Å². The molecule has 1 N–H and O–H groups in total. The van der Waals surface area contributed by atoms with Crippen LogP contribution in [0.3, 0.4) is 0 Å². The number of halogens is 2. The van der Waals surface area contributed by atoms with Crippen molar-refractivity contribution in [2.45, 2.75) is 19.4 Å². The molecular formula is C21H19F2NO2. The van der Waals surface area contributed by atoms with Crippen LogP contribution in [-0.4, -0.2) is 13.0 Å². The van der Waals surface area contributed by atoms with Gasteiger partial charge in [0.05, 0.1) is 13.0 Å². The van der Waals surface area contributed by atoms with E-state index in [1.165, 1.54) is 12.1 Å². The minimum absolute atomic E-state index is 0.0721. The molecule has 0 aliphatic carbocycles. The third-order valence-corrected chi connectivity index (χ3v) is 4.35. The van der Waals surface area contributed by atoms with E-state index in [4.69, 9.17) is 4.74 Å². The van der Waals surface area contributed by atoms with E-state index in [1.807, 2.05) is 36.4 Å². The topological polar surface area (TPSA) is 38.3 Å². The Bertz CT molecular complexity index is 936. The second kappa shape index (κ2) is 7.52. The van der Waals surface area contributed by atoms with E-state index in [2.05, 4.69) is 5.32 Å². The lowest BCUT2D eigenvalue weighted by Crippen LogP contribution is -2.27. The molecule has 3 nitrogen and oxygen atoms in total. The number of hydrogen-bond donors (Lipinski definition) is 1. The Kier molecular flexibility index (Phi) is 5.16. The van der Waals surface area contributed by atoms with E-state index in [-0.39, 0.29) is 18.4 Å². The van der Waals surface area contributed by atoms with Gasteiger partial charge in [0.15, 0.2) is 0 Å². The van der Waals surface area contributed by atoms with Crippen LogP contribution in [0.15, 0.2) is 54.6 Å². The molecule has 0 saturated carbocycles. The van der Waals surface area contributed by atoms with Crippen molar-refractivity contribution < 1.29 is 18.3 Å². The fraction of sp³-hybridized carbons (Fsp3) is 0.190. The summed E-state index contributed by atoms with van der Waals surface area (Å²) >= 11 is 0. The molecule has 0 radical (unpaired) electrons. The van der Waals surface area contributed by atoms with Gasteiger partial charge < -0.3 is 10.1 Å². The molecule has 0 heterocycles. The monoisotopic (exact) mass is 355 g/mol. The first-order valence-corrected chi connectivity index (χ1v) is 8.26. The number of fused-ring (bicyclic) bond motifs is 1. The van der Waals surface area contributed by atoms with Gasteiger partial charge in [0.1, 0.15) is 17.4 Å². The van der Waals surface area contributed by atoms with Crippen molar-refractivity contribution in [2.24, 2.45) is 0 Å². The third-order valence-electron chi connectivity index (χ3n) is 4.35. The van der Waals surface area contributed by atoms with Gasteiger partial charge in [-0.05, 0) is 53.1 Å². The van der Waals surface area contributed by atoms with Gasteiger partial charge in [0, 0.05) is 12.6 Å². The molecular weight excluding hydrogens is 336 g/mol. The van der Waals surface area contributed by atoms with Crippen LogP contribution >= 0.6 is 0 Å². The van der Waals surface area contributed by atoms with Gasteiger partial charge in [-0.2, -0.15) is 0 Å². The Labute approximate surface area is 150 Å². The maximum Gasteiger partial charge on any atom is 0.227 e. The van der Waals surface area contributed by atoms with E-state index in [1.54, 1.807) is 14.0 Å². The third kappa shape index (κ3) is 3.99. The largest absolute Gasteiger partial charge is 0.497 e. The van der Waals surface area contributed by atoms with Crippen LogP contribution in [0.1, 0.15) is 24.0 Å². The molecule has 0 aliphatic heterocycles. The predicted molar refractivity (Wildman–Crippen MR) is 97.1 cm³/mol. The summed E-state index contributed by atoms with van der Waals surface area (Å²) in [7, 11) is 1.62. The molecule has 3 rings (SSSR count). The van der Waals surface area contributed by atoms with Gasteiger partial charge in [-0.25, -0.2) is 8.78 Å². The Balaban J connectivity index is 1.72. The number of carbonyl (C=O) groups is 1. The first-order chi connectivity index (χ1) is 12.5. The molecule has 0 saturated heterocycles. The smallest absolute Gasteiger partial charge is 0.227 e. The fourth-order valence-electron chi connectivity index (χ4n) is 2.85. The van der Waals surface area contributed by atoms with E-state index in [0.717, 1.165) is 28.2 Å². The molecule has 0 unspecified atom stereocenters. The average molecular weight is 355 g/mol. The van der Waals surface area contributed by atoms with Gasteiger partial charge in [-0.3, -0.25) is 4.79 Å². The van der Waals surface area contributed by atoms with Gasteiger partial charge in [-0.1, -0.05) is 24.3 Å². The van der Waals surface area contributed by atoms with Crippen LogP contribution in [-0.2, 0) is 11.3 Å². The molecule has 0 spiro atoms. The summed E-state index contributed by atoms with van der Waals surface area (Å²) in [5, 5.41) is 4.76. The van der Waals surface area contributed by atoms with Gasteiger partial charge in [0.25, 0.3) is 0 Å². The summed E-state index contributed by atoms with van der Waals surface area (Å²) in [4.78, 5) is 12.4. The van der Waals surface area contributed by atoms with Crippen molar-refractivity contribution in [1.82, 2.24) is 5.32 Å². The molecule has 0 aromatic heterocycles. The number of benzene rings is 3. The summed E-state index contributed by atoms with van der Waals surface area (Å²) in [6.07, 6.45) is 0. The lowest BCUT2D eigenvalue weighted by molar-refractivity contribution is -0.122. The van der Waals surface area contributed by atoms with Crippen LogP contribution in [0, 0.1) is 11.6 Å². The maximum absolute atomic E-state index is 13.2. The van der Waals surface area contributed by atoms with E-state index >= 15 is 0 Å². The summed E-state index contributed by atoms with van der Waals surface area (Å²) in [6, 6.07) is 14.8. The Morgan fingerprint density at radius 1 is 1.00 bits per heavy atom. The van der Waals surface area contributed by atoms with Crippen LogP contribution in [0.2, 0.25) is 0 Å². The molecule has 134 valence electrons. The van der Waals surface area contributed by atoms with Crippen molar-refractivity contribution in [1.29, 1.82) is 0 Å². The Hall–Kier alpha value is -2.95. The SMILES string of the molecule is COc1ccc2cc([C@H](C)C(=O)NCc3cc(F)cc(F)c3)ccc2c1. The number of carbonyl (C=O) groups excluding carboxylic acids is 1. The molecule has 0 aliphatic rings. The minimum Gasteiger partial charge on any atom is -0.497 e. The lowest BCUT2D eigenvalue weighted by atomic mass is 9.97. The molecule has 26 heavy (non-hydrogen) atoms. The highest BCUT2D eigenvalue weighted by atomic mass is 19.1. The summed E-state index contributed by atoms with van der Waals surface area (Å²) < 4.78 is 31.6. The second-order valence-electron chi connectivity index (χ2n) is 6.19. The molecule has 3 aromatic carbocycles. The van der Waals surface area contributed by atoms with E-state index in [0.29, 0.717) is 5.56 Å². The van der Waals surface area contributed by atoms with Crippen molar-refractivity contribution in [3.05, 3.63) is 77.4 Å².